The van der Waals surface area contributed by atoms with Crippen molar-refractivity contribution < 1.29 is 9.47 Å². The van der Waals surface area contributed by atoms with Crippen LogP contribution in [0, 0.1) is 19.8 Å². The summed E-state index contributed by atoms with van der Waals surface area (Å²) in [4.78, 5) is 2.62. The molecule has 1 unspecified atom stereocenters. The van der Waals surface area contributed by atoms with E-state index in [1.807, 2.05) is 0 Å². The standard InChI is InChI=1S/C26H33N3O2S/c1-17-13-18(2)24(23(14-17)30-3)21-8-5-9-22-25(26(32-4)27-29(21)22)28(15-19-10-11-19)20-7-6-12-31-16-20/h5,8-9,13-14,19-20H,6-7,10-12,15-16H2,1-4H3. The molecule has 1 atom stereocenters. The van der Waals surface area contributed by atoms with E-state index < -0.39 is 0 Å². The van der Waals surface area contributed by atoms with Crippen molar-refractivity contribution in [3.05, 3.63) is 41.5 Å². The number of hydrogen-bond donors (Lipinski definition) is 0. The molecule has 0 spiro atoms. The molecule has 5 rings (SSSR count). The molecule has 0 amide bonds. The number of benzene rings is 1. The molecule has 1 aliphatic carbocycles. The minimum Gasteiger partial charge on any atom is -0.496 e. The second kappa shape index (κ2) is 8.99. The van der Waals surface area contributed by atoms with E-state index in [2.05, 4.69) is 59.9 Å². The van der Waals surface area contributed by atoms with Crippen LogP contribution in [0.25, 0.3) is 16.8 Å². The number of anilines is 1. The van der Waals surface area contributed by atoms with Gasteiger partial charge in [-0.15, -0.1) is 11.8 Å². The summed E-state index contributed by atoms with van der Waals surface area (Å²) in [7, 11) is 1.75. The molecule has 0 N–H and O–H groups in total. The number of rotatable bonds is 7. The summed E-state index contributed by atoms with van der Waals surface area (Å²) in [5, 5.41) is 6.22. The van der Waals surface area contributed by atoms with Gasteiger partial charge in [-0.05, 0) is 81.0 Å². The number of fused-ring (bicyclic) bond motifs is 1. The van der Waals surface area contributed by atoms with Gasteiger partial charge in [0.05, 0.1) is 36.7 Å². The van der Waals surface area contributed by atoms with Crippen LogP contribution in [0.15, 0.2) is 35.4 Å². The van der Waals surface area contributed by atoms with E-state index in [-0.39, 0.29) is 0 Å². The maximum atomic E-state index is 5.91. The van der Waals surface area contributed by atoms with Crippen LogP contribution >= 0.6 is 11.8 Å². The van der Waals surface area contributed by atoms with Gasteiger partial charge in [0.25, 0.3) is 0 Å². The molecule has 1 saturated heterocycles. The van der Waals surface area contributed by atoms with Gasteiger partial charge in [-0.3, -0.25) is 0 Å². The Morgan fingerprint density at radius 3 is 2.75 bits per heavy atom. The molecule has 2 aliphatic rings. The van der Waals surface area contributed by atoms with Crippen LogP contribution in [0.5, 0.6) is 5.75 Å². The Bertz CT molecular complexity index is 1120. The van der Waals surface area contributed by atoms with Crippen molar-refractivity contribution in [2.45, 2.75) is 50.6 Å². The van der Waals surface area contributed by atoms with Crippen LogP contribution in [0.2, 0.25) is 0 Å². The molecule has 6 heteroatoms. The molecular weight excluding hydrogens is 418 g/mol. The number of methoxy groups -OCH3 is 1. The van der Waals surface area contributed by atoms with Gasteiger partial charge in [0.1, 0.15) is 10.8 Å². The van der Waals surface area contributed by atoms with E-state index >= 15 is 0 Å². The molecule has 1 aliphatic heterocycles. The minimum absolute atomic E-state index is 0.419. The maximum absolute atomic E-state index is 5.91. The number of aryl methyl sites for hydroxylation is 2. The van der Waals surface area contributed by atoms with Gasteiger partial charge in [0.2, 0.25) is 0 Å². The first-order valence-corrected chi connectivity index (χ1v) is 12.9. The Labute approximate surface area is 195 Å². The predicted molar refractivity (Wildman–Crippen MR) is 132 cm³/mol. The predicted octanol–water partition coefficient (Wildman–Crippen LogP) is 5.74. The lowest BCUT2D eigenvalue weighted by Crippen LogP contribution is -2.42. The van der Waals surface area contributed by atoms with Crippen LogP contribution in [-0.4, -0.2) is 48.8 Å². The van der Waals surface area contributed by atoms with Gasteiger partial charge < -0.3 is 14.4 Å². The third-order valence-electron chi connectivity index (χ3n) is 6.73. The average Bonchev–Trinajstić information content (AvgIpc) is 3.55. The molecule has 0 radical (unpaired) electrons. The number of nitrogens with zero attached hydrogens (tertiary/aromatic N) is 3. The van der Waals surface area contributed by atoms with Gasteiger partial charge in [-0.25, -0.2) is 4.52 Å². The van der Waals surface area contributed by atoms with E-state index in [4.69, 9.17) is 14.6 Å². The van der Waals surface area contributed by atoms with Crippen molar-refractivity contribution in [1.82, 2.24) is 9.61 Å². The summed E-state index contributed by atoms with van der Waals surface area (Å²) in [6, 6.07) is 11.3. The van der Waals surface area contributed by atoms with E-state index in [9.17, 15) is 0 Å². The van der Waals surface area contributed by atoms with Crippen molar-refractivity contribution >= 4 is 23.0 Å². The molecule has 3 aromatic rings. The lowest BCUT2D eigenvalue weighted by atomic mass is 10.0. The quantitative estimate of drug-likeness (QED) is 0.428. The average molecular weight is 452 g/mol. The summed E-state index contributed by atoms with van der Waals surface area (Å²) in [5.74, 6) is 1.69. The lowest BCUT2D eigenvalue weighted by Gasteiger charge is -2.36. The topological polar surface area (TPSA) is 39.0 Å². The Balaban J connectivity index is 1.69. The second-order valence-electron chi connectivity index (χ2n) is 9.19. The van der Waals surface area contributed by atoms with Crippen molar-refractivity contribution in [3.63, 3.8) is 0 Å². The number of thioether (sulfide) groups is 1. The molecule has 5 nitrogen and oxygen atoms in total. The lowest BCUT2D eigenvalue weighted by molar-refractivity contribution is 0.0789. The van der Waals surface area contributed by atoms with Gasteiger partial charge in [-0.2, -0.15) is 5.10 Å². The molecule has 3 heterocycles. The van der Waals surface area contributed by atoms with Crippen molar-refractivity contribution in [2.24, 2.45) is 5.92 Å². The molecule has 32 heavy (non-hydrogen) atoms. The van der Waals surface area contributed by atoms with Crippen molar-refractivity contribution in [3.8, 4) is 17.0 Å². The highest BCUT2D eigenvalue weighted by molar-refractivity contribution is 7.98. The third-order valence-corrected chi connectivity index (χ3v) is 7.39. The summed E-state index contributed by atoms with van der Waals surface area (Å²) in [6.07, 6.45) is 7.12. The summed E-state index contributed by atoms with van der Waals surface area (Å²) < 4.78 is 13.8. The molecule has 2 aromatic heterocycles. The van der Waals surface area contributed by atoms with E-state index in [1.165, 1.54) is 41.6 Å². The highest BCUT2D eigenvalue weighted by Gasteiger charge is 2.33. The number of pyridine rings is 1. The molecule has 1 aromatic carbocycles. The first-order chi connectivity index (χ1) is 15.6. The van der Waals surface area contributed by atoms with E-state index in [0.717, 1.165) is 54.1 Å². The monoisotopic (exact) mass is 451 g/mol. The SMILES string of the molecule is COc1cc(C)cc(C)c1-c1cccc2c(N(CC3CC3)C3CCCOC3)c(SC)nn12. The fraction of sp³-hybridized carbons (Fsp3) is 0.500. The maximum Gasteiger partial charge on any atom is 0.142 e. The van der Waals surface area contributed by atoms with Crippen LogP contribution in [-0.2, 0) is 4.74 Å². The summed E-state index contributed by atoms with van der Waals surface area (Å²) >= 11 is 1.74. The third kappa shape index (κ3) is 3.99. The Kier molecular flexibility index (Phi) is 6.08. The highest BCUT2D eigenvalue weighted by atomic mass is 32.2. The zero-order chi connectivity index (χ0) is 22.2. The largest absolute Gasteiger partial charge is 0.496 e. The Morgan fingerprint density at radius 1 is 1.22 bits per heavy atom. The normalized spacial score (nSPS) is 18.8. The van der Waals surface area contributed by atoms with E-state index in [0.29, 0.717) is 6.04 Å². The van der Waals surface area contributed by atoms with Gasteiger partial charge in [-0.1, -0.05) is 12.1 Å². The Morgan fingerprint density at radius 2 is 2.06 bits per heavy atom. The van der Waals surface area contributed by atoms with Crippen LogP contribution in [0.1, 0.15) is 36.8 Å². The van der Waals surface area contributed by atoms with Crippen molar-refractivity contribution in [1.29, 1.82) is 0 Å². The zero-order valence-corrected chi connectivity index (χ0v) is 20.4. The fourth-order valence-corrected chi connectivity index (χ4v) is 5.60. The Hall–Kier alpha value is -2.18. The molecule has 1 saturated carbocycles. The summed E-state index contributed by atoms with van der Waals surface area (Å²) in [5.41, 5.74) is 7.03. The van der Waals surface area contributed by atoms with E-state index in [1.54, 1.807) is 18.9 Å². The first-order valence-electron chi connectivity index (χ1n) is 11.7. The van der Waals surface area contributed by atoms with Gasteiger partial charge in [0.15, 0.2) is 0 Å². The number of aromatic nitrogens is 2. The smallest absolute Gasteiger partial charge is 0.142 e. The number of hydrogen-bond acceptors (Lipinski definition) is 5. The minimum atomic E-state index is 0.419. The van der Waals surface area contributed by atoms with Crippen LogP contribution < -0.4 is 9.64 Å². The second-order valence-corrected chi connectivity index (χ2v) is 9.99. The van der Waals surface area contributed by atoms with Crippen LogP contribution in [0.4, 0.5) is 5.69 Å². The molecule has 0 bridgehead atoms. The molecule has 2 fully saturated rings. The highest BCUT2D eigenvalue weighted by Crippen LogP contribution is 2.42. The van der Waals surface area contributed by atoms with Gasteiger partial charge in [0, 0.05) is 18.7 Å². The van der Waals surface area contributed by atoms with Gasteiger partial charge >= 0.3 is 0 Å². The summed E-state index contributed by atoms with van der Waals surface area (Å²) in [6.45, 7) is 7.05. The van der Waals surface area contributed by atoms with Crippen LogP contribution in [0.3, 0.4) is 0 Å². The zero-order valence-electron chi connectivity index (χ0n) is 19.6. The van der Waals surface area contributed by atoms with Crippen molar-refractivity contribution in [2.75, 3.05) is 38.0 Å². The fourth-order valence-electron chi connectivity index (χ4n) is 5.02. The molecule has 170 valence electrons. The number of ether oxygens (including phenoxy) is 2. The first kappa shape index (κ1) is 21.7. The molecular formula is C26H33N3O2S.